The van der Waals surface area contributed by atoms with Crippen LogP contribution in [0.4, 0.5) is 5.82 Å². The molecule has 0 radical (unpaired) electrons. The van der Waals surface area contributed by atoms with E-state index >= 15 is 0 Å². The van der Waals surface area contributed by atoms with E-state index in [1.807, 2.05) is 18.2 Å². The molecule has 0 fully saturated rings. The van der Waals surface area contributed by atoms with Gasteiger partial charge in [-0.15, -0.1) is 11.3 Å². The van der Waals surface area contributed by atoms with E-state index in [2.05, 4.69) is 20.5 Å². The number of aromatic nitrogens is 2. The van der Waals surface area contributed by atoms with E-state index in [-0.39, 0.29) is 6.79 Å². The Morgan fingerprint density at radius 1 is 1.17 bits per heavy atom. The van der Waals surface area contributed by atoms with Crippen molar-refractivity contribution < 1.29 is 9.47 Å². The number of aryl methyl sites for hydroxylation is 2. The fourth-order valence-electron chi connectivity index (χ4n) is 3.17. The minimum atomic E-state index is 0.274. The average Bonchev–Trinajstić information content (AvgIpc) is 3.29. The van der Waals surface area contributed by atoms with Gasteiger partial charge < -0.3 is 9.47 Å². The molecule has 0 bridgehead atoms. The number of fused-ring (bicyclic) bond motifs is 4. The van der Waals surface area contributed by atoms with Crippen LogP contribution in [0, 0.1) is 0 Å². The minimum Gasteiger partial charge on any atom is -0.454 e. The summed E-state index contributed by atoms with van der Waals surface area (Å²) >= 11 is 1.77. The number of benzene rings is 1. The highest BCUT2D eigenvalue weighted by Crippen LogP contribution is 2.39. The second-order valence-corrected chi connectivity index (χ2v) is 6.83. The highest BCUT2D eigenvalue weighted by Gasteiger charge is 2.21. The highest BCUT2D eigenvalue weighted by molar-refractivity contribution is 7.19. The lowest BCUT2D eigenvalue weighted by molar-refractivity contribution is 0.174. The van der Waals surface area contributed by atoms with Crippen LogP contribution in [0.15, 0.2) is 29.6 Å². The summed E-state index contributed by atoms with van der Waals surface area (Å²) < 4.78 is 10.7. The smallest absolute Gasteiger partial charge is 0.231 e. The molecule has 2 aliphatic rings. The van der Waals surface area contributed by atoms with Gasteiger partial charge in [0.25, 0.3) is 0 Å². The van der Waals surface area contributed by atoms with Crippen LogP contribution in [0.5, 0.6) is 11.5 Å². The zero-order valence-corrected chi connectivity index (χ0v) is 13.6. The van der Waals surface area contributed by atoms with Gasteiger partial charge in [0.05, 0.1) is 11.6 Å². The largest absolute Gasteiger partial charge is 0.454 e. The van der Waals surface area contributed by atoms with Crippen LogP contribution in [0.1, 0.15) is 22.4 Å². The fourth-order valence-corrected chi connectivity index (χ4v) is 4.40. The highest BCUT2D eigenvalue weighted by atomic mass is 32.1. The molecule has 0 unspecified atom stereocenters. The summed E-state index contributed by atoms with van der Waals surface area (Å²) in [7, 11) is 0. The summed E-state index contributed by atoms with van der Waals surface area (Å²) in [5.41, 5.74) is 5.40. The van der Waals surface area contributed by atoms with Crippen molar-refractivity contribution in [1.82, 2.24) is 9.97 Å². The Bertz CT molecular complexity index is 967. The number of thiophene rings is 1. The molecule has 3 aromatic rings. The first kappa shape index (κ1) is 13.7. The summed E-state index contributed by atoms with van der Waals surface area (Å²) in [5.74, 6) is 2.29. The molecule has 24 heavy (non-hydrogen) atoms. The van der Waals surface area contributed by atoms with Gasteiger partial charge in [-0.25, -0.2) is 9.97 Å². The Balaban J connectivity index is 1.43. The first-order chi connectivity index (χ1) is 11.9. The molecule has 1 N–H and O–H groups in total. The van der Waals surface area contributed by atoms with Crippen LogP contribution in [0.2, 0.25) is 0 Å². The normalized spacial score (nSPS) is 15.3. The second-order valence-electron chi connectivity index (χ2n) is 5.74. The van der Waals surface area contributed by atoms with E-state index < -0.39 is 0 Å². The first-order valence-corrected chi connectivity index (χ1v) is 8.64. The third kappa shape index (κ3) is 2.20. The van der Waals surface area contributed by atoms with Crippen molar-refractivity contribution in [1.29, 1.82) is 0 Å². The third-order valence-electron chi connectivity index (χ3n) is 4.28. The lowest BCUT2D eigenvalue weighted by Crippen LogP contribution is -1.96. The van der Waals surface area contributed by atoms with Crippen molar-refractivity contribution in [2.45, 2.75) is 19.3 Å². The predicted octanol–water partition coefficient (Wildman–Crippen LogP) is 3.35. The maximum Gasteiger partial charge on any atom is 0.231 e. The van der Waals surface area contributed by atoms with Gasteiger partial charge in [0.1, 0.15) is 11.2 Å². The quantitative estimate of drug-likeness (QED) is 0.586. The van der Waals surface area contributed by atoms with Crippen LogP contribution >= 0.6 is 11.3 Å². The van der Waals surface area contributed by atoms with E-state index in [0.717, 1.165) is 45.9 Å². The van der Waals surface area contributed by atoms with Gasteiger partial charge in [-0.05, 0) is 48.6 Å². The van der Waals surface area contributed by atoms with E-state index in [0.29, 0.717) is 0 Å². The lowest BCUT2D eigenvalue weighted by atomic mass is 10.2. The molecular weight excluding hydrogens is 324 g/mol. The van der Waals surface area contributed by atoms with E-state index in [1.165, 1.54) is 16.9 Å². The van der Waals surface area contributed by atoms with Gasteiger partial charge in [0.2, 0.25) is 6.79 Å². The maximum absolute atomic E-state index is 5.38. The zero-order valence-electron chi connectivity index (χ0n) is 12.8. The predicted molar refractivity (Wildman–Crippen MR) is 93.2 cm³/mol. The Morgan fingerprint density at radius 2 is 2.12 bits per heavy atom. The molecule has 0 spiro atoms. The Kier molecular flexibility index (Phi) is 3.12. The van der Waals surface area contributed by atoms with Crippen molar-refractivity contribution in [3.05, 3.63) is 40.5 Å². The number of nitrogens with one attached hydrogen (secondary N) is 1. The Labute approximate surface area is 142 Å². The molecule has 0 saturated heterocycles. The topological polar surface area (TPSA) is 68.6 Å². The van der Waals surface area contributed by atoms with Crippen LogP contribution in [0.3, 0.4) is 0 Å². The van der Waals surface area contributed by atoms with Crippen molar-refractivity contribution in [2.24, 2.45) is 5.10 Å². The number of nitrogens with zero attached hydrogens (tertiary/aromatic N) is 3. The van der Waals surface area contributed by atoms with Gasteiger partial charge in [0, 0.05) is 4.88 Å². The summed E-state index contributed by atoms with van der Waals surface area (Å²) in [6.07, 6.45) is 6.81. The standard InChI is InChI=1S/C17H14N4O2S/c1-2-11-14(3-1)24-17-15(11)16(18-8-19-17)21-20-7-10-4-5-12-13(6-10)23-9-22-12/h4-8H,1-3,9H2,(H,18,19,21)/b20-7-. The first-order valence-electron chi connectivity index (χ1n) is 7.82. The fraction of sp³-hybridized carbons (Fsp3) is 0.235. The molecule has 1 aliphatic carbocycles. The van der Waals surface area contributed by atoms with Crippen LogP contribution in [0.25, 0.3) is 10.2 Å². The van der Waals surface area contributed by atoms with Crippen molar-refractivity contribution in [3.63, 3.8) is 0 Å². The van der Waals surface area contributed by atoms with Crippen LogP contribution < -0.4 is 14.9 Å². The van der Waals surface area contributed by atoms with E-state index in [1.54, 1.807) is 23.9 Å². The SMILES string of the molecule is C(=N/Nc1ncnc2sc3c(c12)CCC3)/c1ccc2c(c1)OCO2. The summed E-state index contributed by atoms with van der Waals surface area (Å²) in [4.78, 5) is 11.2. The molecule has 0 saturated carbocycles. The van der Waals surface area contributed by atoms with E-state index in [4.69, 9.17) is 9.47 Å². The molecule has 3 heterocycles. The van der Waals surface area contributed by atoms with Gasteiger partial charge >= 0.3 is 0 Å². The van der Waals surface area contributed by atoms with Gasteiger partial charge in [-0.2, -0.15) is 5.10 Å². The average molecular weight is 338 g/mol. The Morgan fingerprint density at radius 3 is 3.12 bits per heavy atom. The van der Waals surface area contributed by atoms with E-state index in [9.17, 15) is 0 Å². The van der Waals surface area contributed by atoms with Gasteiger partial charge in [-0.1, -0.05) is 0 Å². The number of hydrogen-bond acceptors (Lipinski definition) is 7. The lowest BCUT2D eigenvalue weighted by Gasteiger charge is -2.03. The molecule has 5 rings (SSSR count). The van der Waals surface area contributed by atoms with Gasteiger partial charge in [-0.3, -0.25) is 5.43 Å². The van der Waals surface area contributed by atoms with Crippen LogP contribution in [-0.2, 0) is 12.8 Å². The van der Waals surface area contributed by atoms with Crippen molar-refractivity contribution in [2.75, 3.05) is 12.2 Å². The number of hydrazone groups is 1. The molecule has 2 aromatic heterocycles. The number of hydrogen-bond donors (Lipinski definition) is 1. The van der Waals surface area contributed by atoms with Crippen molar-refractivity contribution in [3.8, 4) is 11.5 Å². The molecule has 7 heteroatoms. The monoisotopic (exact) mass is 338 g/mol. The third-order valence-corrected chi connectivity index (χ3v) is 5.48. The summed E-state index contributed by atoms with van der Waals surface area (Å²) in [6, 6.07) is 5.74. The molecule has 0 amide bonds. The van der Waals surface area contributed by atoms with Crippen molar-refractivity contribution >= 4 is 33.6 Å². The van der Waals surface area contributed by atoms with Gasteiger partial charge in [0.15, 0.2) is 17.3 Å². The van der Waals surface area contributed by atoms with Crippen LogP contribution in [-0.4, -0.2) is 23.0 Å². The number of anilines is 1. The zero-order chi connectivity index (χ0) is 15.9. The second kappa shape index (κ2) is 5.45. The molecule has 6 nitrogen and oxygen atoms in total. The molecule has 0 atom stereocenters. The summed E-state index contributed by atoms with van der Waals surface area (Å²) in [6.45, 7) is 0.274. The molecule has 1 aromatic carbocycles. The Hall–Kier alpha value is -2.67. The number of rotatable bonds is 3. The summed E-state index contributed by atoms with van der Waals surface area (Å²) in [5, 5.41) is 5.46. The molecule has 120 valence electrons. The minimum absolute atomic E-state index is 0.274. The number of ether oxygens (including phenoxy) is 2. The maximum atomic E-state index is 5.38. The molecule has 1 aliphatic heterocycles. The molecular formula is C17H14N4O2S.